The summed E-state index contributed by atoms with van der Waals surface area (Å²) >= 11 is 0. The van der Waals surface area contributed by atoms with Gasteiger partial charge in [0.15, 0.2) is 0 Å². The van der Waals surface area contributed by atoms with E-state index >= 15 is 0 Å². The first-order valence-electron chi connectivity index (χ1n) is 6.19. The van der Waals surface area contributed by atoms with Gasteiger partial charge in [-0.2, -0.15) is 0 Å². The average molecular weight is 220 g/mol. The number of hydrogen-bond acceptors (Lipinski definition) is 2. The zero-order valence-corrected chi connectivity index (χ0v) is 10.9. The Labute approximate surface area is 99.5 Å². The van der Waals surface area contributed by atoms with E-state index in [9.17, 15) is 0 Å². The summed E-state index contributed by atoms with van der Waals surface area (Å²) in [6.45, 7) is 6.51. The molecule has 0 amide bonds. The Bertz CT molecular complexity index is 316. The van der Waals surface area contributed by atoms with E-state index in [2.05, 4.69) is 50.1 Å². The van der Waals surface area contributed by atoms with Crippen LogP contribution in [0.5, 0.6) is 0 Å². The number of hydrogen-bond donors (Lipinski definition) is 1. The number of para-hydroxylation sites is 1. The number of nitrogens with zero attached hydrogens (tertiary/aromatic N) is 1. The lowest BCUT2D eigenvalue weighted by molar-refractivity contribution is 0.588. The van der Waals surface area contributed by atoms with Gasteiger partial charge in [0.1, 0.15) is 0 Å². The van der Waals surface area contributed by atoms with Crippen LogP contribution in [0.2, 0.25) is 0 Å². The highest BCUT2D eigenvalue weighted by Gasteiger charge is 2.15. The summed E-state index contributed by atoms with van der Waals surface area (Å²) in [4.78, 5) is 2.36. The lowest BCUT2D eigenvalue weighted by Crippen LogP contribution is -2.31. The second kappa shape index (κ2) is 5.90. The second-order valence-electron chi connectivity index (χ2n) is 4.43. The van der Waals surface area contributed by atoms with Crippen LogP contribution < -0.4 is 10.6 Å². The maximum Gasteiger partial charge on any atom is 0.0414 e. The SMILES string of the molecule is CCC(CC)N(C)c1ccccc1[C@H](C)N. The van der Waals surface area contributed by atoms with Crippen molar-refractivity contribution in [2.45, 2.75) is 45.7 Å². The fraction of sp³-hybridized carbons (Fsp3) is 0.571. The molecule has 90 valence electrons. The van der Waals surface area contributed by atoms with Gasteiger partial charge in [0, 0.05) is 24.8 Å². The summed E-state index contributed by atoms with van der Waals surface area (Å²) in [5.74, 6) is 0. The quantitative estimate of drug-likeness (QED) is 0.824. The highest BCUT2D eigenvalue weighted by molar-refractivity contribution is 5.55. The van der Waals surface area contributed by atoms with Gasteiger partial charge >= 0.3 is 0 Å². The second-order valence-corrected chi connectivity index (χ2v) is 4.43. The minimum Gasteiger partial charge on any atom is -0.371 e. The van der Waals surface area contributed by atoms with Crippen LogP contribution in [0, 0.1) is 0 Å². The van der Waals surface area contributed by atoms with Gasteiger partial charge in [0.25, 0.3) is 0 Å². The third kappa shape index (κ3) is 2.76. The van der Waals surface area contributed by atoms with Crippen LogP contribution >= 0.6 is 0 Å². The van der Waals surface area contributed by atoms with E-state index in [1.54, 1.807) is 0 Å². The van der Waals surface area contributed by atoms with Crippen molar-refractivity contribution in [1.29, 1.82) is 0 Å². The van der Waals surface area contributed by atoms with Gasteiger partial charge in [0.2, 0.25) is 0 Å². The zero-order chi connectivity index (χ0) is 12.1. The first-order chi connectivity index (χ1) is 7.61. The third-order valence-corrected chi connectivity index (χ3v) is 3.30. The molecule has 1 atom stereocenters. The number of anilines is 1. The molecule has 0 fully saturated rings. The smallest absolute Gasteiger partial charge is 0.0414 e. The van der Waals surface area contributed by atoms with E-state index in [0.717, 1.165) is 0 Å². The Kier molecular flexibility index (Phi) is 4.81. The first kappa shape index (κ1) is 13.0. The van der Waals surface area contributed by atoms with Crippen molar-refractivity contribution >= 4 is 5.69 Å². The van der Waals surface area contributed by atoms with Crippen LogP contribution in [0.3, 0.4) is 0 Å². The molecule has 2 N–H and O–H groups in total. The molecule has 0 aliphatic heterocycles. The molecule has 0 aromatic heterocycles. The van der Waals surface area contributed by atoms with Gasteiger partial charge in [-0.15, -0.1) is 0 Å². The molecular weight excluding hydrogens is 196 g/mol. The molecule has 16 heavy (non-hydrogen) atoms. The Morgan fingerprint density at radius 3 is 2.25 bits per heavy atom. The Hall–Kier alpha value is -1.02. The molecule has 2 heteroatoms. The van der Waals surface area contributed by atoms with Crippen molar-refractivity contribution < 1.29 is 0 Å². The van der Waals surface area contributed by atoms with E-state index < -0.39 is 0 Å². The van der Waals surface area contributed by atoms with Crippen LogP contribution in [-0.4, -0.2) is 13.1 Å². The van der Waals surface area contributed by atoms with Crippen molar-refractivity contribution in [1.82, 2.24) is 0 Å². The largest absolute Gasteiger partial charge is 0.371 e. The predicted octanol–water partition coefficient (Wildman–Crippen LogP) is 3.33. The van der Waals surface area contributed by atoms with Gasteiger partial charge in [-0.25, -0.2) is 0 Å². The van der Waals surface area contributed by atoms with Crippen molar-refractivity contribution in [2.24, 2.45) is 5.73 Å². The molecule has 0 aliphatic carbocycles. The van der Waals surface area contributed by atoms with Crippen LogP contribution in [0.25, 0.3) is 0 Å². The van der Waals surface area contributed by atoms with Crippen LogP contribution in [0.4, 0.5) is 5.69 Å². The first-order valence-corrected chi connectivity index (χ1v) is 6.19. The van der Waals surface area contributed by atoms with Gasteiger partial charge in [-0.1, -0.05) is 32.0 Å². The van der Waals surface area contributed by atoms with Gasteiger partial charge in [-0.3, -0.25) is 0 Å². The number of rotatable bonds is 5. The van der Waals surface area contributed by atoms with E-state index in [-0.39, 0.29) is 6.04 Å². The van der Waals surface area contributed by atoms with Crippen LogP contribution in [0.15, 0.2) is 24.3 Å². The van der Waals surface area contributed by atoms with E-state index in [1.807, 2.05) is 6.92 Å². The molecule has 0 bridgehead atoms. The van der Waals surface area contributed by atoms with Crippen molar-refractivity contribution in [3.63, 3.8) is 0 Å². The summed E-state index contributed by atoms with van der Waals surface area (Å²) in [6, 6.07) is 9.12. The lowest BCUT2D eigenvalue weighted by Gasteiger charge is -2.31. The summed E-state index contributed by atoms with van der Waals surface area (Å²) in [6.07, 6.45) is 2.33. The molecule has 0 saturated carbocycles. The molecule has 0 saturated heterocycles. The number of nitrogens with two attached hydrogens (primary N) is 1. The van der Waals surface area contributed by atoms with Crippen molar-refractivity contribution in [3.8, 4) is 0 Å². The normalized spacial score (nSPS) is 12.9. The molecule has 1 rings (SSSR count). The highest BCUT2D eigenvalue weighted by Crippen LogP contribution is 2.26. The fourth-order valence-corrected chi connectivity index (χ4v) is 2.23. The fourth-order valence-electron chi connectivity index (χ4n) is 2.23. The molecule has 0 spiro atoms. The molecule has 0 heterocycles. The maximum atomic E-state index is 6.01. The molecular formula is C14H24N2. The van der Waals surface area contributed by atoms with E-state index in [1.165, 1.54) is 24.1 Å². The van der Waals surface area contributed by atoms with Gasteiger partial charge in [0.05, 0.1) is 0 Å². The Balaban J connectivity index is 3.02. The van der Waals surface area contributed by atoms with Crippen LogP contribution in [-0.2, 0) is 0 Å². The Morgan fingerprint density at radius 2 is 1.75 bits per heavy atom. The summed E-state index contributed by atoms with van der Waals surface area (Å²) in [5, 5.41) is 0. The standard InChI is InChI=1S/C14H24N2/c1-5-12(6-2)16(4)14-10-8-7-9-13(14)11(3)15/h7-12H,5-6,15H2,1-4H3/t11-/m0/s1. The topological polar surface area (TPSA) is 29.3 Å². The molecule has 1 aromatic rings. The molecule has 0 unspecified atom stereocenters. The number of benzene rings is 1. The van der Waals surface area contributed by atoms with Gasteiger partial charge in [-0.05, 0) is 31.4 Å². The van der Waals surface area contributed by atoms with E-state index in [4.69, 9.17) is 5.73 Å². The Morgan fingerprint density at radius 1 is 1.19 bits per heavy atom. The van der Waals surface area contributed by atoms with Crippen molar-refractivity contribution in [2.75, 3.05) is 11.9 Å². The lowest BCUT2D eigenvalue weighted by atomic mass is 10.0. The summed E-state index contributed by atoms with van der Waals surface area (Å²) in [7, 11) is 2.17. The van der Waals surface area contributed by atoms with Crippen LogP contribution in [0.1, 0.15) is 45.2 Å². The van der Waals surface area contributed by atoms with Crippen molar-refractivity contribution in [3.05, 3.63) is 29.8 Å². The van der Waals surface area contributed by atoms with Gasteiger partial charge < -0.3 is 10.6 Å². The maximum absolute atomic E-state index is 6.01. The monoisotopic (exact) mass is 220 g/mol. The average Bonchev–Trinajstić information content (AvgIpc) is 2.30. The zero-order valence-electron chi connectivity index (χ0n) is 10.9. The molecule has 0 radical (unpaired) electrons. The molecule has 2 nitrogen and oxygen atoms in total. The minimum absolute atomic E-state index is 0.0908. The predicted molar refractivity (Wildman–Crippen MR) is 71.8 cm³/mol. The molecule has 0 aliphatic rings. The summed E-state index contributed by atoms with van der Waals surface area (Å²) in [5.41, 5.74) is 8.51. The molecule has 1 aromatic carbocycles. The highest BCUT2D eigenvalue weighted by atomic mass is 15.1. The van der Waals surface area contributed by atoms with E-state index in [0.29, 0.717) is 6.04 Å². The third-order valence-electron chi connectivity index (χ3n) is 3.30. The minimum atomic E-state index is 0.0908. The summed E-state index contributed by atoms with van der Waals surface area (Å²) < 4.78 is 0.